The molecule has 0 saturated heterocycles. The highest BCUT2D eigenvalue weighted by molar-refractivity contribution is 5.52. The molecule has 0 amide bonds. The Morgan fingerprint density at radius 1 is 1.10 bits per heavy atom. The van der Waals surface area contributed by atoms with Crippen LogP contribution in [-0.4, -0.2) is 31.1 Å². The van der Waals surface area contributed by atoms with Crippen molar-refractivity contribution in [2.75, 3.05) is 21.3 Å². The standard InChI is InChI=1S/C15H21N3O3/c1-18-6-5-10(17-18)7-12(16)11-8-14(20-3)15(21-4)9-13(11)19-2/h5-6,8-9,12H,7,16H2,1-4H3. The normalized spacial score (nSPS) is 12.0. The Hall–Kier alpha value is -2.21. The maximum absolute atomic E-state index is 6.30. The zero-order chi connectivity index (χ0) is 15.4. The van der Waals surface area contributed by atoms with E-state index in [0.29, 0.717) is 23.7 Å². The van der Waals surface area contributed by atoms with E-state index in [1.54, 1.807) is 32.1 Å². The van der Waals surface area contributed by atoms with Crippen LogP contribution in [0.4, 0.5) is 0 Å². The minimum atomic E-state index is -0.241. The molecule has 0 radical (unpaired) electrons. The summed E-state index contributed by atoms with van der Waals surface area (Å²) >= 11 is 0. The summed E-state index contributed by atoms with van der Waals surface area (Å²) in [6.07, 6.45) is 2.51. The van der Waals surface area contributed by atoms with Crippen LogP contribution in [-0.2, 0) is 13.5 Å². The van der Waals surface area contributed by atoms with Gasteiger partial charge in [-0.15, -0.1) is 0 Å². The van der Waals surface area contributed by atoms with E-state index in [-0.39, 0.29) is 6.04 Å². The maximum Gasteiger partial charge on any atom is 0.164 e. The second-order valence-corrected chi connectivity index (χ2v) is 4.74. The van der Waals surface area contributed by atoms with E-state index in [1.807, 2.05) is 25.4 Å². The fraction of sp³-hybridized carbons (Fsp3) is 0.400. The Labute approximate surface area is 124 Å². The molecule has 0 aliphatic carbocycles. The van der Waals surface area contributed by atoms with Crippen LogP contribution in [0.1, 0.15) is 17.3 Å². The van der Waals surface area contributed by atoms with Gasteiger partial charge in [0.1, 0.15) is 5.75 Å². The molecule has 2 N–H and O–H groups in total. The smallest absolute Gasteiger partial charge is 0.164 e. The van der Waals surface area contributed by atoms with Crippen LogP contribution in [0.15, 0.2) is 24.4 Å². The van der Waals surface area contributed by atoms with Gasteiger partial charge < -0.3 is 19.9 Å². The number of benzene rings is 1. The number of hydrogen-bond acceptors (Lipinski definition) is 5. The van der Waals surface area contributed by atoms with Gasteiger partial charge in [-0.2, -0.15) is 5.10 Å². The van der Waals surface area contributed by atoms with Crippen molar-refractivity contribution in [3.8, 4) is 17.2 Å². The fourth-order valence-electron chi connectivity index (χ4n) is 2.25. The third kappa shape index (κ3) is 3.28. The Morgan fingerprint density at radius 3 is 2.24 bits per heavy atom. The van der Waals surface area contributed by atoms with Crippen LogP contribution >= 0.6 is 0 Å². The minimum absolute atomic E-state index is 0.241. The molecule has 1 atom stereocenters. The van der Waals surface area contributed by atoms with Crippen molar-refractivity contribution in [3.05, 3.63) is 35.7 Å². The van der Waals surface area contributed by atoms with Gasteiger partial charge >= 0.3 is 0 Å². The van der Waals surface area contributed by atoms with E-state index in [2.05, 4.69) is 5.10 Å². The molecule has 0 spiro atoms. The molecule has 1 heterocycles. The molecule has 0 bridgehead atoms. The van der Waals surface area contributed by atoms with Gasteiger partial charge in [0.25, 0.3) is 0 Å². The van der Waals surface area contributed by atoms with Gasteiger partial charge in [0.05, 0.1) is 27.0 Å². The summed E-state index contributed by atoms with van der Waals surface area (Å²) in [4.78, 5) is 0. The summed E-state index contributed by atoms with van der Waals surface area (Å²) < 4.78 is 17.8. The third-order valence-corrected chi connectivity index (χ3v) is 3.33. The van der Waals surface area contributed by atoms with Crippen LogP contribution in [0.2, 0.25) is 0 Å². The van der Waals surface area contributed by atoms with E-state index in [0.717, 1.165) is 11.3 Å². The molecule has 0 aliphatic rings. The summed E-state index contributed by atoms with van der Waals surface area (Å²) in [5, 5.41) is 4.35. The van der Waals surface area contributed by atoms with Crippen molar-refractivity contribution in [2.24, 2.45) is 12.8 Å². The largest absolute Gasteiger partial charge is 0.496 e. The van der Waals surface area contributed by atoms with Crippen molar-refractivity contribution in [2.45, 2.75) is 12.5 Å². The molecule has 114 valence electrons. The first-order valence-corrected chi connectivity index (χ1v) is 6.63. The highest BCUT2D eigenvalue weighted by Crippen LogP contribution is 2.37. The van der Waals surface area contributed by atoms with E-state index in [9.17, 15) is 0 Å². The van der Waals surface area contributed by atoms with Gasteiger partial charge in [-0.1, -0.05) is 0 Å². The van der Waals surface area contributed by atoms with Crippen molar-refractivity contribution < 1.29 is 14.2 Å². The zero-order valence-electron chi connectivity index (χ0n) is 12.8. The Balaban J connectivity index is 2.32. The first-order valence-electron chi connectivity index (χ1n) is 6.63. The molecule has 1 aromatic heterocycles. The number of nitrogens with two attached hydrogens (primary N) is 1. The molecule has 1 aromatic carbocycles. The topological polar surface area (TPSA) is 71.5 Å². The molecule has 0 aliphatic heterocycles. The molecule has 6 heteroatoms. The van der Waals surface area contributed by atoms with Gasteiger partial charge in [-0.05, 0) is 12.1 Å². The Kier molecular flexibility index (Phi) is 4.70. The average Bonchev–Trinajstić information content (AvgIpc) is 2.90. The molecule has 6 nitrogen and oxygen atoms in total. The van der Waals surface area contributed by atoms with Crippen molar-refractivity contribution in [3.63, 3.8) is 0 Å². The molecule has 0 saturated carbocycles. The molecule has 1 unspecified atom stereocenters. The second kappa shape index (κ2) is 6.49. The van der Waals surface area contributed by atoms with Gasteiger partial charge in [0.15, 0.2) is 11.5 Å². The monoisotopic (exact) mass is 291 g/mol. The first kappa shape index (κ1) is 15.2. The number of hydrogen-bond donors (Lipinski definition) is 1. The van der Waals surface area contributed by atoms with Crippen LogP contribution in [0.25, 0.3) is 0 Å². The molecular formula is C15H21N3O3. The lowest BCUT2D eigenvalue weighted by Gasteiger charge is -2.18. The van der Waals surface area contributed by atoms with Crippen molar-refractivity contribution in [1.29, 1.82) is 0 Å². The Morgan fingerprint density at radius 2 is 1.71 bits per heavy atom. The molecule has 2 rings (SSSR count). The number of aryl methyl sites for hydroxylation is 1. The van der Waals surface area contributed by atoms with E-state index in [4.69, 9.17) is 19.9 Å². The number of ether oxygens (including phenoxy) is 3. The SMILES string of the molecule is COc1cc(OC)c(C(N)Cc2ccn(C)n2)cc1OC. The quantitative estimate of drug-likeness (QED) is 0.877. The lowest BCUT2D eigenvalue weighted by Crippen LogP contribution is -2.15. The molecular weight excluding hydrogens is 270 g/mol. The van der Waals surface area contributed by atoms with Gasteiger partial charge in [0.2, 0.25) is 0 Å². The predicted octanol–water partition coefficient (Wildman–Crippen LogP) is 1.69. The highest BCUT2D eigenvalue weighted by Gasteiger charge is 2.18. The second-order valence-electron chi connectivity index (χ2n) is 4.74. The molecule has 2 aromatic rings. The van der Waals surface area contributed by atoms with Crippen molar-refractivity contribution >= 4 is 0 Å². The summed E-state index contributed by atoms with van der Waals surface area (Å²) in [6.45, 7) is 0. The summed E-state index contributed by atoms with van der Waals surface area (Å²) in [7, 11) is 6.67. The van der Waals surface area contributed by atoms with E-state index >= 15 is 0 Å². The molecule has 21 heavy (non-hydrogen) atoms. The fourth-order valence-corrected chi connectivity index (χ4v) is 2.25. The minimum Gasteiger partial charge on any atom is -0.496 e. The lowest BCUT2D eigenvalue weighted by atomic mass is 10.0. The van der Waals surface area contributed by atoms with Gasteiger partial charge in [0, 0.05) is 37.3 Å². The van der Waals surface area contributed by atoms with Crippen LogP contribution in [0.3, 0.4) is 0 Å². The number of rotatable bonds is 6. The third-order valence-electron chi connectivity index (χ3n) is 3.33. The maximum atomic E-state index is 6.30. The van der Waals surface area contributed by atoms with Gasteiger partial charge in [-0.25, -0.2) is 0 Å². The zero-order valence-corrected chi connectivity index (χ0v) is 12.8. The van der Waals surface area contributed by atoms with Crippen LogP contribution < -0.4 is 19.9 Å². The van der Waals surface area contributed by atoms with Crippen LogP contribution in [0.5, 0.6) is 17.2 Å². The van der Waals surface area contributed by atoms with E-state index in [1.165, 1.54) is 0 Å². The summed E-state index contributed by atoms with van der Waals surface area (Å²) in [5.41, 5.74) is 8.10. The number of methoxy groups -OCH3 is 3. The van der Waals surface area contributed by atoms with E-state index < -0.39 is 0 Å². The predicted molar refractivity (Wildman–Crippen MR) is 79.9 cm³/mol. The average molecular weight is 291 g/mol. The molecule has 0 fully saturated rings. The number of nitrogens with zero attached hydrogens (tertiary/aromatic N) is 2. The van der Waals surface area contributed by atoms with Gasteiger partial charge in [-0.3, -0.25) is 4.68 Å². The Bertz CT molecular complexity index is 610. The summed E-state index contributed by atoms with van der Waals surface area (Å²) in [5.74, 6) is 1.92. The number of aromatic nitrogens is 2. The summed E-state index contributed by atoms with van der Waals surface area (Å²) in [6, 6.07) is 5.35. The highest BCUT2D eigenvalue weighted by atomic mass is 16.5. The lowest BCUT2D eigenvalue weighted by molar-refractivity contribution is 0.346. The first-order chi connectivity index (χ1) is 10.1. The van der Waals surface area contributed by atoms with Crippen LogP contribution in [0, 0.1) is 0 Å². The van der Waals surface area contributed by atoms with Crippen molar-refractivity contribution in [1.82, 2.24) is 9.78 Å².